The highest BCUT2D eigenvalue weighted by Crippen LogP contribution is 2.14. The van der Waals surface area contributed by atoms with Crippen molar-refractivity contribution in [2.45, 2.75) is 19.8 Å². The zero-order valence-corrected chi connectivity index (χ0v) is 6.59. The van der Waals surface area contributed by atoms with E-state index in [9.17, 15) is 4.79 Å². The molecule has 0 saturated heterocycles. The van der Waals surface area contributed by atoms with Crippen molar-refractivity contribution in [1.29, 1.82) is 0 Å². The third kappa shape index (κ3) is 1.39. The first-order valence-corrected chi connectivity index (χ1v) is 3.46. The number of carbonyl (C=O) groups excluding carboxylic acids is 1. The third-order valence-corrected chi connectivity index (χ3v) is 1.48. The van der Waals surface area contributed by atoms with E-state index in [-0.39, 0.29) is 5.92 Å². The van der Waals surface area contributed by atoms with Crippen molar-refractivity contribution in [3.63, 3.8) is 0 Å². The van der Waals surface area contributed by atoms with E-state index in [1.54, 1.807) is 0 Å². The molecule has 0 unspecified atom stereocenters. The minimum Gasteiger partial charge on any atom is -0.365 e. The van der Waals surface area contributed by atoms with Gasteiger partial charge in [0.05, 0.1) is 11.3 Å². The standard InChI is InChI=1S/C7H11N3O/c1-4(2)6-5(7(8)11)3-9-10-6/h3-4H,1-2H3,(H2,8,11)(H,9,10). The summed E-state index contributed by atoms with van der Waals surface area (Å²) in [6.45, 7) is 3.92. The van der Waals surface area contributed by atoms with E-state index in [1.165, 1.54) is 6.20 Å². The number of rotatable bonds is 2. The van der Waals surface area contributed by atoms with Gasteiger partial charge in [-0.05, 0) is 5.92 Å². The molecule has 0 aliphatic carbocycles. The van der Waals surface area contributed by atoms with E-state index in [0.717, 1.165) is 5.69 Å². The Morgan fingerprint density at radius 2 is 2.36 bits per heavy atom. The van der Waals surface area contributed by atoms with E-state index in [1.807, 2.05) is 13.8 Å². The molecule has 11 heavy (non-hydrogen) atoms. The monoisotopic (exact) mass is 153 g/mol. The molecule has 1 rings (SSSR count). The Hall–Kier alpha value is -1.32. The van der Waals surface area contributed by atoms with Crippen LogP contribution < -0.4 is 5.73 Å². The number of carbonyl (C=O) groups is 1. The summed E-state index contributed by atoms with van der Waals surface area (Å²) in [6, 6.07) is 0. The normalized spacial score (nSPS) is 10.5. The zero-order valence-electron chi connectivity index (χ0n) is 6.59. The first-order chi connectivity index (χ1) is 5.13. The molecule has 3 N–H and O–H groups in total. The average Bonchev–Trinajstić information content (AvgIpc) is 2.32. The third-order valence-electron chi connectivity index (χ3n) is 1.48. The first kappa shape index (κ1) is 7.78. The van der Waals surface area contributed by atoms with Crippen LogP contribution in [-0.4, -0.2) is 16.1 Å². The van der Waals surface area contributed by atoms with Gasteiger partial charge in [0.25, 0.3) is 5.91 Å². The van der Waals surface area contributed by atoms with Gasteiger partial charge >= 0.3 is 0 Å². The Kier molecular flexibility index (Phi) is 1.94. The van der Waals surface area contributed by atoms with Crippen molar-refractivity contribution in [1.82, 2.24) is 10.2 Å². The fourth-order valence-corrected chi connectivity index (χ4v) is 0.938. The van der Waals surface area contributed by atoms with E-state index in [2.05, 4.69) is 10.2 Å². The number of hydrogen-bond donors (Lipinski definition) is 2. The number of H-pyrrole nitrogens is 1. The fourth-order valence-electron chi connectivity index (χ4n) is 0.938. The smallest absolute Gasteiger partial charge is 0.252 e. The number of amides is 1. The number of hydrogen-bond acceptors (Lipinski definition) is 2. The van der Waals surface area contributed by atoms with Crippen molar-refractivity contribution in [3.05, 3.63) is 17.5 Å². The topological polar surface area (TPSA) is 71.8 Å². The number of nitrogens with two attached hydrogens (primary N) is 1. The second-order valence-electron chi connectivity index (χ2n) is 2.70. The number of primary amides is 1. The second kappa shape index (κ2) is 2.74. The van der Waals surface area contributed by atoms with Crippen LogP contribution in [-0.2, 0) is 0 Å². The number of aromatic amines is 1. The molecule has 0 radical (unpaired) electrons. The summed E-state index contributed by atoms with van der Waals surface area (Å²) < 4.78 is 0. The molecule has 0 spiro atoms. The summed E-state index contributed by atoms with van der Waals surface area (Å²) in [5, 5.41) is 6.52. The van der Waals surface area contributed by atoms with E-state index in [0.29, 0.717) is 5.56 Å². The van der Waals surface area contributed by atoms with Gasteiger partial charge in [0, 0.05) is 6.20 Å². The Bertz CT molecular complexity index is 264. The van der Waals surface area contributed by atoms with Crippen molar-refractivity contribution in [2.24, 2.45) is 5.73 Å². The molecule has 4 nitrogen and oxygen atoms in total. The predicted molar refractivity (Wildman–Crippen MR) is 41.2 cm³/mol. The van der Waals surface area contributed by atoms with Gasteiger partial charge in [0.15, 0.2) is 0 Å². The lowest BCUT2D eigenvalue weighted by Crippen LogP contribution is -2.12. The molecule has 1 aromatic rings. The Morgan fingerprint density at radius 3 is 2.73 bits per heavy atom. The van der Waals surface area contributed by atoms with Crippen molar-refractivity contribution in [3.8, 4) is 0 Å². The van der Waals surface area contributed by atoms with Gasteiger partial charge < -0.3 is 5.73 Å². The predicted octanol–water partition coefficient (Wildman–Crippen LogP) is 0.632. The average molecular weight is 153 g/mol. The van der Waals surface area contributed by atoms with Crippen LogP contribution in [0.15, 0.2) is 6.20 Å². The minimum atomic E-state index is -0.428. The van der Waals surface area contributed by atoms with Gasteiger partial charge in [-0.3, -0.25) is 9.89 Å². The molecule has 1 aromatic heterocycles. The van der Waals surface area contributed by atoms with Crippen LogP contribution in [0.1, 0.15) is 35.8 Å². The maximum absolute atomic E-state index is 10.7. The van der Waals surface area contributed by atoms with Gasteiger partial charge in [0.1, 0.15) is 0 Å². The van der Waals surface area contributed by atoms with E-state index >= 15 is 0 Å². The van der Waals surface area contributed by atoms with Gasteiger partial charge in [-0.2, -0.15) is 5.10 Å². The van der Waals surface area contributed by atoms with Crippen molar-refractivity contribution in [2.75, 3.05) is 0 Å². The summed E-state index contributed by atoms with van der Waals surface area (Å²) in [4.78, 5) is 10.7. The van der Waals surface area contributed by atoms with Crippen LogP contribution in [0.5, 0.6) is 0 Å². The maximum Gasteiger partial charge on any atom is 0.252 e. The quantitative estimate of drug-likeness (QED) is 0.654. The summed E-state index contributed by atoms with van der Waals surface area (Å²) >= 11 is 0. The maximum atomic E-state index is 10.7. The molecule has 4 heteroatoms. The number of nitrogens with one attached hydrogen (secondary N) is 1. The summed E-state index contributed by atoms with van der Waals surface area (Å²) in [6.07, 6.45) is 1.53. The molecule has 0 atom stereocenters. The van der Waals surface area contributed by atoms with Crippen molar-refractivity contribution < 1.29 is 4.79 Å². The van der Waals surface area contributed by atoms with Crippen LogP contribution in [0.4, 0.5) is 0 Å². The van der Waals surface area contributed by atoms with Crippen LogP contribution in [0.2, 0.25) is 0 Å². The molecule has 0 fully saturated rings. The first-order valence-electron chi connectivity index (χ1n) is 3.46. The number of nitrogens with zero attached hydrogens (tertiary/aromatic N) is 1. The SMILES string of the molecule is CC(C)c1n[nH]cc1C(N)=O. The van der Waals surface area contributed by atoms with Crippen molar-refractivity contribution >= 4 is 5.91 Å². The molecule has 0 aromatic carbocycles. The molecular weight excluding hydrogens is 142 g/mol. The minimum absolute atomic E-state index is 0.226. The van der Waals surface area contributed by atoms with E-state index in [4.69, 9.17) is 5.73 Å². The molecule has 1 amide bonds. The highest BCUT2D eigenvalue weighted by Gasteiger charge is 2.12. The van der Waals surface area contributed by atoms with Crippen LogP contribution >= 0.6 is 0 Å². The van der Waals surface area contributed by atoms with E-state index < -0.39 is 5.91 Å². The highest BCUT2D eigenvalue weighted by molar-refractivity contribution is 5.93. The molecule has 60 valence electrons. The van der Waals surface area contributed by atoms with Gasteiger partial charge in [-0.25, -0.2) is 0 Å². The largest absolute Gasteiger partial charge is 0.365 e. The Morgan fingerprint density at radius 1 is 1.73 bits per heavy atom. The number of aromatic nitrogens is 2. The molecule has 0 bridgehead atoms. The Balaban J connectivity index is 3.06. The fraction of sp³-hybridized carbons (Fsp3) is 0.429. The second-order valence-corrected chi connectivity index (χ2v) is 2.70. The lowest BCUT2D eigenvalue weighted by Gasteiger charge is -2.00. The zero-order chi connectivity index (χ0) is 8.43. The summed E-state index contributed by atoms with van der Waals surface area (Å²) in [5.41, 5.74) is 6.32. The molecule has 0 saturated carbocycles. The molecule has 0 aliphatic heterocycles. The summed E-state index contributed by atoms with van der Waals surface area (Å²) in [5.74, 6) is -0.203. The lowest BCUT2D eigenvalue weighted by molar-refractivity contribution is 0.0999. The molecular formula is C7H11N3O. The molecule has 1 heterocycles. The highest BCUT2D eigenvalue weighted by atomic mass is 16.1. The van der Waals surface area contributed by atoms with Gasteiger partial charge in [0.2, 0.25) is 0 Å². The lowest BCUT2D eigenvalue weighted by atomic mass is 10.1. The Labute approximate surface area is 64.8 Å². The van der Waals surface area contributed by atoms with Crippen LogP contribution in [0, 0.1) is 0 Å². The van der Waals surface area contributed by atoms with Gasteiger partial charge in [-0.1, -0.05) is 13.8 Å². The molecule has 0 aliphatic rings. The van der Waals surface area contributed by atoms with Crippen LogP contribution in [0.25, 0.3) is 0 Å². The van der Waals surface area contributed by atoms with Crippen LogP contribution in [0.3, 0.4) is 0 Å². The van der Waals surface area contributed by atoms with Gasteiger partial charge in [-0.15, -0.1) is 0 Å². The summed E-state index contributed by atoms with van der Waals surface area (Å²) in [7, 11) is 0.